The summed E-state index contributed by atoms with van der Waals surface area (Å²) in [5.41, 5.74) is 0.870. The van der Waals surface area contributed by atoms with Crippen molar-refractivity contribution >= 4 is 5.78 Å². The summed E-state index contributed by atoms with van der Waals surface area (Å²) in [5, 5.41) is 13.2. The number of hydrogen-bond acceptors (Lipinski definition) is 3. The van der Waals surface area contributed by atoms with E-state index < -0.39 is 0 Å². The van der Waals surface area contributed by atoms with Gasteiger partial charge in [-0.15, -0.1) is 0 Å². The van der Waals surface area contributed by atoms with Gasteiger partial charge in [-0.1, -0.05) is 20.3 Å². The summed E-state index contributed by atoms with van der Waals surface area (Å²) in [6.45, 7) is 5.75. The molecule has 0 spiro atoms. The number of nitrogens with zero attached hydrogens (tertiary/aromatic N) is 3. The van der Waals surface area contributed by atoms with Crippen LogP contribution in [0.25, 0.3) is 0 Å². The number of hydrogen-bond donors (Lipinski definition) is 0. The molecule has 1 aromatic rings. The van der Waals surface area contributed by atoms with Crippen LogP contribution >= 0.6 is 0 Å². The minimum absolute atomic E-state index is 0.261. The van der Waals surface area contributed by atoms with Gasteiger partial charge < -0.3 is 0 Å². The quantitative estimate of drug-likeness (QED) is 0.486. The summed E-state index contributed by atoms with van der Waals surface area (Å²) >= 11 is 0. The molecule has 4 saturated carbocycles. The summed E-state index contributed by atoms with van der Waals surface area (Å²) < 4.78 is 1.83. The van der Waals surface area contributed by atoms with Crippen LogP contribution in [0.1, 0.15) is 96.5 Å². The van der Waals surface area contributed by atoms with Gasteiger partial charge in [0.25, 0.3) is 0 Å². The van der Waals surface area contributed by atoms with Gasteiger partial charge in [-0.05, 0) is 105 Å². The highest BCUT2D eigenvalue weighted by molar-refractivity contribution is 5.82. The molecule has 0 amide bonds. The third kappa shape index (κ3) is 3.95. The lowest BCUT2D eigenvalue weighted by atomic mass is 9.49. The molecule has 8 atom stereocenters. The second-order valence-corrected chi connectivity index (χ2v) is 12.1. The monoisotopic (exact) mass is 435 g/mol. The van der Waals surface area contributed by atoms with Crippen molar-refractivity contribution in [2.75, 3.05) is 0 Å². The highest BCUT2D eigenvalue weighted by atomic mass is 16.1. The maximum Gasteiger partial charge on any atom is 0.136 e. The average molecular weight is 436 g/mol. The molecule has 4 fully saturated rings. The van der Waals surface area contributed by atoms with Crippen molar-refractivity contribution in [2.24, 2.45) is 46.8 Å². The lowest BCUT2D eigenvalue weighted by Crippen LogP contribution is -2.49. The van der Waals surface area contributed by atoms with E-state index in [9.17, 15) is 4.79 Å². The van der Waals surface area contributed by atoms with Gasteiger partial charge in [0.1, 0.15) is 11.9 Å². The van der Waals surface area contributed by atoms with E-state index in [1.807, 2.05) is 4.68 Å². The second-order valence-electron chi connectivity index (χ2n) is 12.1. The van der Waals surface area contributed by atoms with E-state index in [0.29, 0.717) is 17.3 Å². The van der Waals surface area contributed by atoms with Crippen LogP contribution in [0, 0.1) is 58.2 Å². The number of unbranched alkanes of at least 4 members (excludes halogenated alkanes) is 1. The maximum absolute atomic E-state index is 13.3. The molecule has 0 N–H and O–H groups in total. The van der Waals surface area contributed by atoms with Crippen molar-refractivity contribution in [3.8, 4) is 6.07 Å². The Hall–Kier alpha value is -1.63. The predicted molar refractivity (Wildman–Crippen MR) is 126 cm³/mol. The van der Waals surface area contributed by atoms with Gasteiger partial charge in [0.15, 0.2) is 0 Å². The minimum Gasteiger partial charge on any atom is -0.299 e. The van der Waals surface area contributed by atoms with E-state index in [2.05, 4.69) is 25.0 Å². The smallest absolute Gasteiger partial charge is 0.136 e. The molecule has 0 aromatic carbocycles. The Bertz CT molecular complexity index is 868. The van der Waals surface area contributed by atoms with E-state index >= 15 is 0 Å². The van der Waals surface area contributed by atoms with Crippen LogP contribution in [-0.2, 0) is 11.3 Å². The zero-order valence-corrected chi connectivity index (χ0v) is 20.1. The van der Waals surface area contributed by atoms with Crippen molar-refractivity contribution in [2.45, 2.75) is 97.4 Å². The number of Topliss-reactive ketones (excluding diaryl/α,β-unsaturated/α-hetero) is 1. The Kier molecular flexibility index (Phi) is 6.21. The standard InChI is InChI=1S/C28H41N3O/c1-19-6-8-22-21(15-19)7-9-24-23(22)12-13-28(2)25(24)10-11-26(28)27(32)5-3-4-14-31-18-20(16-29)17-30-31/h17-19,21-26H,3-15H2,1-2H3/t19-,21+,22-,23?,24+,25?,26+,28-/m0/s1. The molecule has 0 saturated heterocycles. The van der Waals surface area contributed by atoms with Gasteiger partial charge in [-0.25, -0.2) is 0 Å². The molecule has 5 rings (SSSR count). The van der Waals surface area contributed by atoms with E-state index in [0.717, 1.165) is 67.7 Å². The van der Waals surface area contributed by atoms with Crippen LogP contribution < -0.4 is 0 Å². The fraction of sp³-hybridized carbons (Fsp3) is 0.821. The molecule has 2 unspecified atom stereocenters. The first-order valence-electron chi connectivity index (χ1n) is 13.4. The lowest BCUT2D eigenvalue weighted by molar-refractivity contribution is -0.130. The fourth-order valence-corrected chi connectivity index (χ4v) is 8.91. The van der Waals surface area contributed by atoms with Crippen molar-refractivity contribution in [1.29, 1.82) is 5.26 Å². The topological polar surface area (TPSA) is 58.7 Å². The summed E-state index contributed by atoms with van der Waals surface area (Å²) in [6, 6.07) is 2.12. The molecule has 1 heterocycles. The van der Waals surface area contributed by atoms with Crippen molar-refractivity contribution in [3.63, 3.8) is 0 Å². The lowest BCUT2D eigenvalue weighted by Gasteiger charge is -2.56. The fourth-order valence-electron chi connectivity index (χ4n) is 8.91. The molecule has 4 nitrogen and oxygen atoms in total. The molecular weight excluding hydrogens is 394 g/mol. The van der Waals surface area contributed by atoms with Crippen LogP contribution in [0.4, 0.5) is 0 Å². The molecular formula is C28H41N3O. The number of aromatic nitrogens is 2. The summed E-state index contributed by atoms with van der Waals surface area (Å²) in [4.78, 5) is 13.3. The van der Waals surface area contributed by atoms with Crippen molar-refractivity contribution in [3.05, 3.63) is 18.0 Å². The molecule has 0 bridgehead atoms. The molecule has 4 heteroatoms. The first kappa shape index (κ1) is 22.2. The number of aryl methyl sites for hydroxylation is 1. The maximum atomic E-state index is 13.3. The number of carbonyl (C=O) groups excluding carboxylic acids is 1. The van der Waals surface area contributed by atoms with Crippen LogP contribution in [0.3, 0.4) is 0 Å². The number of carbonyl (C=O) groups is 1. The zero-order valence-electron chi connectivity index (χ0n) is 20.1. The third-order valence-corrected chi connectivity index (χ3v) is 10.4. The molecule has 0 aliphatic heterocycles. The van der Waals surface area contributed by atoms with E-state index in [-0.39, 0.29) is 5.41 Å². The Morgan fingerprint density at radius 2 is 1.97 bits per heavy atom. The predicted octanol–water partition coefficient (Wildman–Crippen LogP) is 6.40. The Balaban J connectivity index is 1.16. The third-order valence-electron chi connectivity index (χ3n) is 10.4. The molecule has 1 aromatic heterocycles. The van der Waals surface area contributed by atoms with Crippen LogP contribution in [0.5, 0.6) is 0 Å². The Morgan fingerprint density at radius 3 is 2.78 bits per heavy atom. The molecule has 4 aliphatic carbocycles. The Labute approximate surface area is 194 Å². The van der Waals surface area contributed by atoms with Gasteiger partial charge in [0.05, 0.1) is 11.8 Å². The number of fused-ring (bicyclic) bond motifs is 5. The number of ketones is 1. The minimum atomic E-state index is 0.261. The first-order valence-corrected chi connectivity index (χ1v) is 13.4. The number of nitriles is 1. The summed E-state index contributed by atoms with van der Waals surface area (Å²) in [6.07, 6.45) is 18.4. The highest BCUT2D eigenvalue weighted by Gasteiger charge is 2.58. The highest BCUT2D eigenvalue weighted by Crippen LogP contribution is 2.64. The van der Waals surface area contributed by atoms with Gasteiger partial charge in [-0.3, -0.25) is 9.48 Å². The Morgan fingerprint density at radius 1 is 1.12 bits per heavy atom. The van der Waals surface area contributed by atoms with Crippen LogP contribution in [0.2, 0.25) is 0 Å². The number of rotatable bonds is 6. The van der Waals surface area contributed by atoms with E-state index in [1.165, 1.54) is 51.4 Å². The summed E-state index contributed by atoms with van der Waals surface area (Å²) in [5.74, 6) is 6.42. The molecule has 4 aliphatic rings. The largest absolute Gasteiger partial charge is 0.299 e. The second kappa shape index (κ2) is 8.96. The van der Waals surface area contributed by atoms with Crippen molar-refractivity contribution in [1.82, 2.24) is 9.78 Å². The van der Waals surface area contributed by atoms with Crippen LogP contribution in [-0.4, -0.2) is 15.6 Å². The van der Waals surface area contributed by atoms with Gasteiger partial charge >= 0.3 is 0 Å². The normalized spacial score (nSPS) is 40.7. The van der Waals surface area contributed by atoms with Gasteiger partial charge in [-0.2, -0.15) is 10.4 Å². The molecule has 0 radical (unpaired) electrons. The molecule has 174 valence electrons. The van der Waals surface area contributed by atoms with E-state index in [1.54, 1.807) is 12.4 Å². The van der Waals surface area contributed by atoms with Gasteiger partial charge in [0, 0.05) is 25.1 Å². The SMILES string of the molecule is C[C@H]1CC[C@@H]2C3CC[C@@]4(C)C(CC[C@@H]4C(=O)CCCCn4cc(C#N)cn4)[C@@H]3CC[C@@H]2C1. The van der Waals surface area contributed by atoms with E-state index in [4.69, 9.17) is 5.26 Å². The first-order chi connectivity index (χ1) is 15.5. The summed E-state index contributed by atoms with van der Waals surface area (Å²) in [7, 11) is 0. The van der Waals surface area contributed by atoms with Crippen LogP contribution in [0.15, 0.2) is 12.4 Å². The average Bonchev–Trinajstić information content (AvgIpc) is 3.40. The van der Waals surface area contributed by atoms with Crippen molar-refractivity contribution < 1.29 is 4.79 Å². The van der Waals surface area contributed by atoms with Gasteiger partial charge in [0.2, 0.25) is 0 Å². The zero-order chi connectivity index (χ0) is 22.3. The molecule has 32 heavy (non-hydrogen) atoms.